The van der Waals surface area contributed by atoms with Gasteiger partial charge in [-0.25, -0.2) is 4.98 Å². The highest BCUT2D eigenvalue weighted by atomic mass is 16.5. The predicted octanol–water partition coefficient (Wildman–Crippen LogP) is -0.0871. The van der Waals surface area contributed by atoms with E-state index in [1.165, 1.54) is 0 Å². The van der Waals surface area contributed by atoms with Crippen LogP contribution in [0.25, 0.3) is 0 Å². The van der Waals surface area contributed by atoms with Crippen LogP contribution in [-0.4, -0.2) is 63.0 Å². The third-order valence-electron chi connectivity index (χ3n) is 4.06. The van der Waals surface area contributed by atoms with Crippen molar-refractivity contribution in [3.8, 4) is 0 Å². The second-order valence-electron chi connectivity index (χ2n) is 5.83. The molecule has 0 aromatic carbocycles. The first kappa shape index (κ1) is 16.2. The minimum absolute atomic E-state index is 0.0396. The van der Waals surface area contributed by atoms with Gasteiger partial charge in [-0.05, 0) is 17.7 Å². The minimum Gasteiger partial charge on any atom is -0.378 e. The van der Waals surface area contributed by atoms with E-state index in [9.17, 15) is 4.79 Å². The standard InChI is InChI=1S/C16H24N4O3/c21-16(10-14-12-23-6-3-17-14)19-11-13-1-2-18-15(9-13)20-4-7-22-8-5-20/h1-2,9,14,17H,3-8,10-12H2,(H,19,21). The summed E-state index contributed by atoms with van der Waals surface area (Å²) in [6.45, 7) is 5.84. The number of aromatic nitrogens is 1. The topological polar surface area (TPSA) is 75.7 Å². The molecular formula is C16H24N4O3. The van der Waals surface area contributed by atoms with Gasteiger partial charge in [-0.15, -0.1) is 0 Å². The molecule has 0 saturated carbocycles. The molecule has 0 bridgehead atoms. The van der Waals surface area contributed by atoms with Crippen LogP contribution in [0.5, 0.6) is 0 Å². The number of nitrogens with zero attached hydrogens (tertiary/aromatic N) is 2. The Balaban J connectivity index is 1.48. The third kappa shape index (κ3) is 4.89. The maximum atomic E-state index is 12.0. The van der Waals surface area contributed by atoms with Crippen molar-refractivity contribution in [2.45, 2.75) is 19.0 Å². The number of nitrogens with one attached hydrogen (secondary N) is 2. The van der Waals surface area contributed by atoms with Crippen molar-refractivity contribution in [3.05, 3.63) is 23.9 Å². The summed E-state index contributed by atoms with van der Waals surface area (Å²) in [7, 11) is 0. The summed E-state index contributed by atoms with van der Waals surface area (Å²) in [6.07, 6.45) is 2.24. The number of ether oxygens (including phenoxy) is 2. The van der Waals surface area contributed by atoms with Crippen LogP contribution in [0.3, 0.4) is 0 Å². The number of hydrogen-bond acceptors (Lipinski definition) is 6. The van der Waals surface area contributed by atoms with E-state index in [0.717, 1.165) is 50.8 Å². The fourth-order valence-electron chi connectivity index (χ4n) is 2.78. The monoisotopic (exact) mass is 320 g/mol. The molecule has 1 aromatic rings. The molecule has 7 nitrogen and oxygen atoms in total. The highest BCUT2D eigenvalue weighted by molar-refractivity contribution is 5.76. The summed E-state index contributed by atoms with van der Waals surface area (Å²) in [5.41, 5.74) is 1.06. The summed E-state index contributed by atoms with van der Waals surface area (Å²) >= 11 is 0. The van der Waals surface area contributed by atoms with Crippen LogP contribution in [-0.2, 0) is 20.8 Å². The Morgan fingerprint density at radius 2 is 2.22 bits per heavy atom. The molecule has 126 valence electrons. The third-order valence-corrected chi connectivity index (χ3v) is 4.06. The Labute approximate surface area is 136 Å². The second kappa shape index (κ2) is 8.24. The van der Waals surface area contributed by atoms with E-state index in [4.69, 9.17) is 9.47 Å². The number of anilines is 1. The zero-order valence-electron chi connectivity index (χ0n) is 13.3. The van der Waals surface area contributed by atoms with E-state index in [-0.39, 0.29) is 11.9 Å². The lowest BCUT2D eigenvalue weighted by Gasteiger charge is -2.28. The number of amides is 1. The Morgan fingerprint density at radius 3 is 3.00 bits per heavy atom. The molecule has 1 aromatic heterocycles. The van der Waals surface area contributed by atoms with Crippen molar-refractivity contribution in [1.82, 2.24) is 15.6 Å². The highest BCUT2D eigenvalue weighted by Gasteiger charge is 2.17. The lowest BCUT2D eigenvalue weighted by molar-refractivity contribution is -0.122. The minimum atomic E-state index is 0.0396. The number of carbonyl (C=O) groups excluding carboxylic acids is 1. The maximum absolute atomic E-state index is 12.0. The van der Waals surface area contributed by atoms with Gasteiger partial charge in [-0.1, -0.05) is 0 Å². The van der Waals surface area contributed by atoms with Crippen LogP contribution in [0.2, 0.25) is 0 Å². The van der Waals surface area contributed by atoms with Crippen LogP contribution in [0.1, 0.15) is 12.0 Å². The average Bonchev–Trinajstić information content (AvgIpc) is 2.62. The number of hydrogen-bond donors (Lipinski definition) is 2. The van der Waals surface area contributed by atoms with E-state index in [0.29, 0.717) is 19.6 Å². The Kier molecular flexibility index (Phi) is 5.79. The first-order valence-corrected chi connectivity index (χ1v) is 8.17. The zero-order chi connectivity index (χ0) is 15.9. The highest BCUT2D eigenvalue weighted by Crippen LogP contribution is 2.14. The van der Waals surface area contributed by atoms with Crippen molar-refractivity contribution in [3.63, 3.8) is 0 Å². The first-order chi connectivity index (χ1) is 11.3. The lowest BCUT2D eigenvalue weighted by Crippen LogP contribution is -2.44. The molecule has 0 radical (unpaired) electrons. The molecule has 23 heavy (non-hydrogen) atoms. The van der Waals surface area contributed by atoms with Gasteiger partial charge in [0.25, 0.3) is 0 Å². The SMILES string of the molecule is O=C(CC1COCCN1)NCc1ccnc(N2CCOCC2)c1. The Morgan fingerprint density at radius 1 is 1.35 bits per heavy atom. The summed E-state index contributed by atoms with van der Waals surface area (Å²) in [5, 5.41) is 6.26. The van der Waals surface area contributed by atoms with Gasteiger partial charge in [0.15, 0.2) is 0 Å². The molecule has 2 aliphatic rings. The summed E-state index contributed by atoms with van der Waals surface area (Å²) in [5.74, 6) is 0.986. The zero-order valence-corrected chi connectivity index (χ0v) is 13.3. The number of pyridine rings is 1. The quantitative estimate of drug-likeness (QED) is 0.790. The van der Waals surface area contributed by atoms with Crippen LogP contribution >= 0.6 is 0 Å². The Hall–Kier alpha value is -1.70. The lowest BCUT2D eigenvalue weighted by atomic mass is 10.2. The summed E-state index contributed by atoms with van der Waals surface area (Å²) < 4.78 is 10.7. The smallest absolute Gasteiger partial charge is 0.221 e. The van der Waals surface area contributed by atoms with Gasteiger partial charge in [-0.2, -0.15) is 0 Å². The molecule has 7 heteroatoms. The van der Waals surface area contributed by atoms with E-state index >= 15 is 0 Å². The predicted molar refractivity (Wildman–Crippen MR) is 86.3 cm³/mol. The number of rotatable bonds is 5. The van der Waals surface area contributed by atoms with Crippen molar-refractivity contribution < 1.29 is 14.3 Å². The van der Waals surface area contributed by atoms with Gasteiger partial charge < -0.3 is 25.0 Å². The van der Waals surface area contributed by atoms with Crippen molar-refractivity contribution >= 4 is 11.7 Å². The molecular weight excluding hydrogens is 296 g/mol. The van der Waals surface area contributed by atoms with Crippen LogP contribution < -0.4 is 15.5 Å². The van der Waals surface area contributed by atoms with Gasteiger partial charge >= 0.3 is 0 Å². The van der Waals surface area contributed by atoms with Crippen LogP contribution in [0.4, 0.5) is 5.82 Å². The molecule has 2 N–H and O–H groups in total. The Bertz CT molecular complexity index is 514. The molecule has 0 aliphatic carbocycles. The van der Waals surface area contributed by atoms with Gasteiger partial charge in [0.1, 0.15) is 5.82 Å². The van der Waals surface area contributed by atoms with Crippen molar-refractivity contribution in [2.24, 2.45) is 0 Å². The van der Waals surface area contributed by atoms with E-state index < -0.39 is 0 Å². The molecule has 2 aliphatic heterocycles. The largest absolute Gasteiger partial charge is 0.378 e. The van der Waals surface area contributed by atoms with E-state index in [1.54, 1.807) is 6.20 Å². The molecule has 1 amide bonds. The van der Waals surface area contributed by atoms with E-state index in [2.05, 4.69) is 20.5 Å². The van der Waals surface area contributed by atoms with Crippen molar-refractivity contribution in [2.75, 3.05) is 51.0 Å². The van der Waals surface area contributed by atoms with Gasteiger partial charge in [-0.3, -0.25) is 4.79 Å². The molecule has 1 unspecified atom stereocenters. The van der Waals surface area contributed by atoms with Gasteiger partial charge in [0, 0.05) is 44.8 Å². The average molecular weight is 320 g/mol. The summed E-state index contributed by atoms with van der Waals surface area (Å²) in [6, 6.07) is 4.09. The molecule has 2 saturated heterocycles. The van der Waals surface area contributed by atoms with Crippen LogP contribution in [0, 0.1) is 0 Å². The van der Waals surface area contributed by atoms with E-state index in [1.807, 2.05) is 12.1 Å². The van der Waals surface area contributed by atoms with Crippen molar-refractivity contribution in [1.29, 1.82) is 0 Å². The van der Waals surface area contributed by atoms with Gasteiger partial charge in [0.2, 0.25) is 5.91 Å². The van der Waals surface area contributed by atoms with Crippen LogP contribution in [0.15, 0.2) is 18.3 Å². The molecule has 0 spiro atoms. The maximum Gasteiger partial charge on any atom is 0.221 e. The normalized spacial score (nSPS) is 21.9. The molecule has 3 heterocycles. The fraction of sp³-hybridized carbons (Fsp3) is 0.625. The molecule has 3 rings (SSSR count). The molecule has 1 atom stereocenters. The second-order valence-corrected chi connectivity index (χ2v) is 5.83. The number of carbonyl (C=O) groups is 1. The molecule has 2 fully saturated rings. The van der Waals surface area contributed by atoms with Gasteiger partial charge in [0.05, 0.1) is 26.4 Å². The first-order valence-electron chi connectivity index (χ1n) is 8.17. The summed E-state index contributed by atoms with van der Waals surface area (Å²) in [4.78, 5) is 18.6. The number of morpholine rings is 2. The fourth-order valence-corrected chi connectivity index (χ4v) is 2.78.